The fraction of sp³-hybridized carbons (Fsp3) is 0.429. The molecule has 82 valence electrons. The molecule has 1 rings (SSSR count). The van der Waals surface area contributed by atoms with Crippen LogP contribution in [0.25, 0.3) is 6.08 Å². The van der Waals surface area contributed by atoms with Crippen molar-refractivity contribution in [2.24, 2.45) is 0 Å². The SMILES string of the molecule is C/C(Br)=C\c1cc(C(C)(C)C)ccc1C. The molecule has 0 N–H and O–H groups in total. The molecular formula is C14H19Br. The molecule has 0 saturated carbocycles. The summed E-state index contributed by atoms with van der Waals surface area (Å²) < 4.78 is 1.16. The molecule has 0 nitrogen and oxygen atoms in total. The lowest BCUT2D eigenvalue weighted by atomic mass is 9.85. The Morgan fingerprint density at radius 1 is 1.27 bits per heavy atom. The molecule has 0 unspecified atom stereocenters. The Morgan fingerprint density at radius 2 is 1.87 bits per heavy atom. The minimum absolute atomic E-state index is 0.219. The summed E-state index contributed by atoms with van der Waals surface area (Å²) in [5, 5.41) is 0. The van der Waals surface area contributed by atoms with Crippen LogP contribution in [0.2, 0.25) is 0 Å². The maximum absolute atomic E-state index is 3.48. The van der Waals surface area contributed by atoms with Crippen molar-refractivity contribution in [1.29, 1.82) is 0 Å². The first-order valence-corrected chi connectivity index (χ1v) is 6.05. The van der Waals surface area contributed by atoms with E-state index in [9.17, 15) is 0 Å². The average Bonchev–Trinajstić information content (AvgIpc) is 2.06. The third kappa shape index (κ3) is 3.49. The van der Waals surface area contributed by atoms with Gasteiger partial charge in [0, 0.05) is 0 Å². The Hall–Kier alpha value is -0.560. The van der Waals surface area contributed by atoms with Crippen molar-refractivity contribution in [2.75, 3.05) is 0 Å². The van der Waals surface area contributed by atoms with Crippen molar-refractivity contribution in [3.8, 4) is 0 Å². The summed E-state index contributed by atoms with van der Waals surface area (Å²) in [5.74, 6) is 0. The van der Waals surface area contributed by atoms with Crippen molar-refractivity contribution in [2.45, 2.75) is 40.0 Å². The first-order chi connectivity index (χ1) is 6.80. The fourth-order valence-electron chi connectivity index (χ4n) is 1.48. The molecule has 0 spiro atoms. The zero-order valence-electron chi connectivity index (χ0n) is 10.2. The van der Waals surface area contributed by atoms with Gasteiger partial charge in [-0.2, -0.15) is 0 Å². The van der Waals surface area contributed by atoms with E-state index in [1.54, 1.807) is 0 Å². The summed E-state index contributed by atoms with van der Waals surface area (Å²) in [5.41, 5.74) is 4.22. The van der Waals surface area contributed by atoms with Crippen LogP contribution in [0.4, 0.5) is 0 Å². The van der Waals surface area contributed by atoms with E-state index < -0.39 is 0 Å². The second-order valence-corrected chi connectivity index (χ2v) is 6.30. The highest BCUT2D eigenvalue weighted by molar-refractivity contribution is 9.11. The molecular weight excluding hydrogens is 248 g/mol. The van der Waals surface area contributed by atoms with Gasteiger partial charge in [-0.25, -0.2) is 0 Å². The summed E-state index contributed by atoms with van der Waals surface area (Å²) in [4.78, 5) is 0. The molecule has 0 fully saturated rings. The smallest absolute Gasteiger partial charge is 0.00744 e. The normalized spacial score (nSPS) is 13.1. The minimum Gasteiger partial charge on any atom is -0.0584 e. The van der Waals surface area contributed by atoms with Crippen LogP contribution in [0.5, 0.6) is 0 Å². The molecule has 1 aromatic rings. The molecule has 0 aliphatic carbocycles. The van der Waals surface area contributed by atoms with Gasteiger partial charge in [0.25, 0.3) is 0 Å². The highest BCUT2D eigenvalue weighted by atomic mass is 79.9. The monoisotopic (exact) mass is 266 g/mol. The summed E-state index contributed by atoms with van der Waals surface area (Å²) in [6, 6.07) is 6.69. The largest absolute Gasteiger partial charge is 0.0584 e. The predicted molar refractivity (Wildman–Crippen MR) is 72.5 cm³/mol. The first-order valence-electron chi connectivity index (χ1n) is 5.25. The van der Waals surface area contributed by atoms with Gasteiger partial charge in [-0.15, -0.1) is 0 Å². The van der Waals surface area contributed by atoms with Gasteiger partial charge in [0.1, 0.15) is 0 Å². The van der Waals surface area contributed by atoms with Gasteiger partial charge in [-0.05, 0) is 46.5 Å². The minimum atomic E-state index is 0.219. The lowest BCUT2D eigenvalue weighted by Crippen LogP contribution is -2.11. The number of rotatable bonds is 1. The Morgan fingerprint density at radius 3 is 2.33 bits per heavy atom. The van der Waals surface area contributed by atoms with E-state index in [2.05, 4.69) is 74.8 Å². The van der Waals surface area contributed by atoms with Crippen LogP contribution in [0, 0.1) is 6.92 Å². The Labute approximate surface area is 102 Å². The van der Waals surface area contributed by atoms with Gasteiger partial charge in [-0.1, -0.05) is 54.9 Å². The van der Waals surface area contributed by atoms with Crippen molar-refractivity contribution in [3.63, 3.8) is 0 Å². The van der Waals surface area contributed by atoms with E-state index >= 15 is 0 Å². The zero-order chi connectivity index (χ0) is 11.6. The number of halogens is 1. The molecule has 0 aliphatic heterocycles. The number of aryl methyl sites for hydroxylation is 1. The van der Waals surface area contributed by atoms with Crippen molar-refractivity contribution < 1.29 is 0 Å². The number of allylic oxidation sites excluding steroid dienone is 1. The van der Waals surface area contributed by atoms with Crippen LogP contribution in [0.1, 0.15) is 44.4 Å². The third-order valence-corrected chi connectivity index (χ3v) is 2.73. The maximum atomic E-state index is 3.48. The molecule has 0 aromatic heterocycles. The lowest BCUT2D eigenvalue weighted by molar-refractivity contribution is 0.590. The number of hydrogen-bond donors (Lipinski definition) is 0. The topological polar surface area (TPSA) is 0 Å². The van der Waals surface area contributed by atoms with Crippen LogP contribution in [-0.2, 0) is 5.41 Å². The Balaban J connectivity index is 3.23. The highest BCUT2D eigenvalue weighted by Crippen LogP contribution is 2.26. The van der Waals surface area contributed by atoms with E-state index in [1.807, 2.05) is 0 Å². The van der Waals surface area contributed by atoms with Gasteiger partial charge >= 0.3 is 0 Å². The third-order valence-electron chi connectivity index (χ3n) is 2.50. The quantitative estimate of drug-likeness (QED) is 0.668. The summed E-state index contributed by atoms with van der Waals surface area (Å²) in [6.45, 7) is 10.9. The first kappa shape index (κ1) is 12.5. The summed E-state index contributed by atoms with van der Waals surface area (Å²) >= 11 is 3.48. The molecule has 0 aliphatic rings. The van der Waals surface area contributed by atoms with Crippen LogP contribution in [-0.4, -0.2) is 0 Å². The Bertz CT molecular complexity index is 377. The molecule has 1 heteroatoms. The van der Waals surface area contributed by atoms with E-state index in [0.717, 1.165) is 4.48 Å². The van der Waals surface area contributed by atoms with Crippen LogP contribution in [0.15, 0.2) is 22.7 Å². The van der Waals surface area contributed by atoms with Crippen molar-refractivity contribution in [3.05, 3.63) is 39.4 Å². The summed E-state index contributed by atoms with van der Waals surface area (Å²) in [7, 11) is 0. The molecule has 0 atom stereocenters. The zero-order valence-corrected chi connectivity index (χ0v) is 11.8. The summed E-state index contributed by atoms with van der Waals surface area (Å²) in [6.07, 6.45) is 2.17. The predicted octanol–water partition coefficient (Wildman–Crippen LogP) is 5.05. The highest BCUT2D eigenvalue weighted by Gasteiger charge is 2.13. The maximum Gasteiger partial charge on any atom is -0.00744 e. The van der Waals surface area contributed by atoms with Crippen molar-refractivity contribution >= 4 is 22.0 Å². The van der Waals surface area contributed by atoms with Crippen molar-refractivity contribution in [1.82, 2.24) is 0 Å². The van der Waals surface area contributed by atoms with Crippen LogP contribution < -0.4 is 0 Å². The lowest BCUT2D eigenvalue weighted by Gasteiger charge is -2.20. The molecule has 0 radical (unpaired) electrons. The van der Waals surface area contributed by atoms with E-state index in [1.165, 1.54) is 16.7 Å². The van der Waals surface area contributed by atoms with Crippen LogP contribution >= 0.6 is 15.9 Å². The van der Waals surface area contributed by atoms with E-state index in [4.69, 9.17) is 0 Å². The molecule has 0 amide bonds. The van der Waals surface area contributed by atoms with Crippen LogP contribution in [0.3, 0.4) is 0 Å². The van der Waals surface area contributed by atoms with Gasteiger partial charge in [-0.3, -0.25) is 0 Å². The van der Waals surface area contributed by atoms with E-state index in [-0.39, 0.29) is 5.41 Å². The molecule has 0 heterocycles. The molecule has 1 aromatic carbocycles. The van der Waals surface area contributed by atoms with Gasteiger partial charge < -0.3 is 0 Å². The number of hydrogen-bond acceptors (Lipinski definition) is 0. The molecule has 0 saturated heterocycles. The second kappa shape index (κ2) is 4.52. The van der Waals surface area contributed by atoms with Gasteiger partial charge in [0.05, 0.1) is 0 Å². The van der Waals surface area contributed by atoms with E-state index in [0.29, 0.717) is 0 Å². The number of benzene rings is 1. The second-order valence-electron chi connectivity index (χ2n) is 5.05. The van der Waals surface area contributed by atoms with Gasteiger partial charge in [0.15, 0.2) is 0 Å². The molecule has 15 heavy (non-hydrogen) atoms. The standard InChI is InChI=1S/C14H19Br/c1-10-6-7-13(14(3,4)5)9-12(10)8-11(2)15/h6-9H,1-5H3/b11-8+. The average molecular weight is 267 g/mol. The fourth-order valence-corrected chi connectivity index (χ4v) is 1.72. The van der Waals surface area contributed by atoms with Gasteiger partial charge in [0.2, 0.25) is 0 Å². The Kier molecular flexibility index (Phi) is 3.77. The molecule has 0 bridgehead atoms.